The average molecular weight is 261 g/mol. The standard InChI is InChI=1S/C14H10ClFN2/c1-8-4-2-3-5-9(8)14-13(16)10-7-17-12(15)6-11(10)18-14/h2-7,18H,1H3. The second-order valence-corrected chi connectivity index (χ2v) is 4.57. The topological polar surface area (TPSA) is 28.7 Å². The number of H-pyrrole nitrogens is 1. The van der Waals surface area contributed by atoms with E-state index in [0.717, 1.165) is 11.1 Å². The molecular weight excluding hydrogens is 251 g/mol. The number of halogens is 2. The van der Waals surface area contributed by atoms with Gasteiger partial charge in [-0.2, -0.15) is 0 Å². The zero-order chi connectivity index (χ0) is 12.7. The first-order valence-electron chi connectivity index (χ1n) is 5.55. The molecule has 0 atom stereocenters. The van der Waals surface area contributed by atoms with Crippen molar-refractivity contribution in [1.82, 2.24) is 9.97 Å². The molecule has 0 saturated carbocycles. The van der Waals surface area contributed by atoms with Crippen LogP contribution in [0.1, 0.15) is 5.56 Å². The Morgan fingerprint density at radius 2 is 2.06 bits per heavy atom. The van der Waals surface area contributed by atoms with Gasteiger partial charge in [-0.25, -0.2) is 9.37 Å². The minimum atomic E-state index is -0.288. The molecule has 0 fully saturated rings. The van der Waals surface area contributed by atoms with Crippen LogP contribution in [0.2, 0.25) is 5.15 Å². The fourth-order valence-corrected chi connectivity index (χ4v) is 2.23. The molecule has 2 aromatic heterocycles. The van der Waals surface area contributed by atoms with Gasteiger partial charge in [0, 0.05) is 11.8 Å². The van der Waals surface area contributed by atoms with Crippen molar-refractivity contribution in [3.8, 4) is 11.3 Å². The van der Waals surface area contributed by atoms with Crippen molar-refractivity contribution in [2.75, 3.05) is 0 Å². The molecule has 0 aliphatic carbocycles. The quantitative estimate of drug-likeness (QED) is 0.648. The fraction of sp³-hybridized carbons (Fsp3) is 0.0714. The van der Waals surface area contributed by atoms with Gasteiger partial charge >= 0.3 is 0 Å². The smallest absolute Gasteiger partial charge is 0.158 e. The molecule has 18 heavy (non-hydrogen) atoms. The van der Waals surface area contributed by atoms with Crippen LogP contribution in [-0.4, -0.2) is 9.97 Å². The lowest BCUT2D eigenvalue weighted by Gasteiger charge is -2.02. The van der Waals surface area contributed by atoms with Crippen molar-refractivity contribution >= 4 is 22.5 Å². The van der Waals surface area contributed by atoms with E-state index in [1.165, 1.54) is 6.20 Å². The van der Waals surface area contributed by atoms with E-state index in [9.17, 15) is 4.39 Å². The third-order valence-electron chi connectivity index (χ3n) is 3.00. The number of aromatic nitrogens is 2. The number of aromatic amines is 1. The van der Waals surface area contributed by atoms with Gasteiger partial charge in [0.05, 0.1) is 16.6 Å². The highest BCUT2D eigenvalue weighted by Crippen LogP contribution is 2.30. The number of benzene rings is 1. The Hall–Kier alpha value is -1.87. The molecule has 1 N–H and O–H groups in total. The Bertz CT molecular complexity index is 734. The largest absolute Gasteiger partial charge is 0.352 e. The summed E-state index contributed by atoms with van der Waals surface area (Å²) in [6.45, 7) is 1.95. The molecule has 2 nitrogen and oxygen atoms in total. The van der Waals surface area contributed by atoms with Crippen LogP contribution in [-0.2, 0) is 0 Å². The SMILES string of the molecule is Cc1ccccc1-c1[nH]c2cc(Cl)ncc2c1F. The first-order valence-corrected chi connectivity index (χ1v) is 5.93. The molecule has 0 unspecified atom stereocenters. The highest BCUT2D eigenvalue weighted by atomic mass is 35.5. The summed E-state index contributed by atoms with van der Waals surface area (Å²) in [5.41, 5.74) is 3.00. The molecule has 0 amide bonds. The Labute approximate surface area is 108 Å². The molecule has 0 bridgehead atoms. The summed E-state index contributed by atoms with van der Waals surface area (Å²) < 4.78 is 14.3. The lowest BCUT2D eigenvalue weighted by Crippen LogP contribution is -1.85. The van der Waals surface area contributed by atoms with Crippen LogP contribution < -0.4 is 0 Å². The summed E-state index contributed by atoms with van der Waals surface area (Å²) in [4.78, 5) is 6.97. The minimum absolute atomic E-state index is 0.288. The van der Waals surface area contributed by atoms with Gasteiger partial charge in [0.25, 0.3) is 0 Å². The number of fused-ring (bicyclic) bond motifs is 1. The predicted octanol–water partition coefficient (Wildman–Crippen LogP) is 4.33. The van der Waals surface area contributed by atoms with Gasteiger partial charge in [-0.1, -0.05) is 35.9 Å². The molecule has 4 heteroatoms. The third-order valence-corrected chi connectivity index (χ3v) is 3.21. The fourth-order valence-electron chi connectivity index (χ4n) is 2.07. The van der Waals surface area contributed by atoms with Crippen LogP contribution in [0.5, 0.6) is 0 Å². The van der Waals surface area contributed by atoms with Gasteiger partial charge in [0.2, 0.25) is 0 Å². The summed E-state index contributed by atoms with van der Waals surface area (Å²) in [5, 5.41) is 0.803. The van der Waals surface area contributed by atoms with E-state index in [-0.39, 0.29) is 5.82 Å². The molecule has 0 spiro atoms. The van der Waals surface area contributed by atoms with E-state index in [4.69, 9.17) is 11.6 Å². The highest BCUT2D eigenvalue weighted by Gasteiger charge is 2.14. The highest BCUT2D eigenvalue weighted by molar-refractivity contribution is 6.30. The Kier molecular flexibility index (Phi) is 2.56. The van der Waals surface area contributed by atoms with E-state index in [2.05, 4.69) is 9.97 Å². The number of hydrogen-bond acceptors (Lipinski definition) is 1. The van der Waals surface area contributed by atoms with Gasteiger partial charge in [0.15, 0.2) is 5.82 Å². The van der Waals surface area contributed by atoms with Crippen LogP contribution in [0.4, 0.5) is 4.39 Å². The van der Waals surface area contributed by atoms with E-state index in [1.54, 1.807) is 6.07 Å². The van der Waals surface area contributed by atoms with E-state index < -0.39 is 0 Å². The van der Waals surface area contributed by atoms with Crippen molar-refractivity contribution in [2.45, 2.75) is 6.92 Å². The molecule has 2 heterocycles. The Morgan fingerprint density at radius 3 is 2.83 bits per heavy atom. The number of pyridine rings is 1. The molecular formula is C14H10ClFN2. The van der Waals surface area contributed by atoms with Gasteiger partial charge in [0.1, 0.15) is 5.15 Å². The first-order chi connectivity index (χ1) is 8.66. The number of rotatable bonds is 1. The van der Waals surface area contributed by atoms with Crippen LogP contribution in [0.15, 0.2) is 36.5 Å². The maximum absolute atomic E-state index is 14.3. The van der Waals surface area contributed by atoms with Crippen LogP contribution >= 0.6 is 11.6 Å². The van der Waals surface area contributed by atoms with E-state index in [0.29, 0.717) is 21.7 Å². The lowest BCUT2D eigenvalue weighted by molar-refractivity contribution is 0.642. The van der Waals surface area contributed by atoms with E-state index in [1.807, 2.05) is 31.2 Å². The number of hydrogen-bond donors (Lipinski definition) is 1. The third kappa shape index (κ3) is 1.68. The number of aryl methyl sites for hydroxylation is 1. The zero-order valence-corrected chi connectivity index (χ0v) is 10.4. The minimum Gasteiger partial charge on any atom is -0.352 e. The molecule has 0 aliphatic heterocycles. The summed E-state index contributed by atoms with van der Waals surface area (Å²) in [6, 6.07) is 9.28. The predicted molar refractivity (Wildman–Crippen MR) is 71.2 cm³/mol. The Morgan fingerprint density at radius 1 is 1.28 bits per heavy atom. The van der Waals surface area contributed by atoms with E-state index >= 15 is 0 Å². The van der Waals surface area contributed by atoms with Gasteiger partial charge in [-0.05, 0) is 18.6 Å². The zero-order valence-electron chi connectivity index (χ0n) is 9.67. The summed E-state index contributed by atoms with van der Waals surface area (Å²) in [5.74, 6) is -0.288. The maximum atomic E-state index is 14.3. The number of nitrogens with one attached hydrogen (secondary N) is 1. The summed E-state index contributed by atoms with van der Waals surface area (Å²) in [7, 11) is 0. The lowest BCUT2D eigenvalue weighted by atomic mass is 10.1. The summed E-state index contributed by atoms with van der Waals surface area (Å²) >= 11 is 5.80. The molecule has 3 aromatic rings. The van der Waals surface area contributed by atoms with Crippen LogP contribution in [0, 0.1) is 12.7 Å². The second kappa shape index (κ2) is 4.10. The maximum Gasteiger partial charge on any atom is 0.158 e. The van der Waals surface area contributed by atoms with Gasteiger partial charge < -0.3 is 4.98 Å². The van der Waals surface area contributed by atoms with Crippen molar-refractivity contribution < 1.29 is 4.39 Å². The molecule has 90 valence electrons. The normalized spacial score (nSPS) is 11.1. The molecule has 3 rings (SSSR count). The number of nitrogens with zero attached hydrogens (tertiary/aromatic N) is 1. The van der Waals surface area contributed by atoms with Gasteiger partial charge in [-0.15, -0.1) is 0 Å². The van der Waals surface area contributed by atoms with Gasteiger partial charge in [-0.3, -0.25) is 0 Å². The molecule has 0 aliphatic rings. The van der Waals surface area contributed by atoms with Crippen molar-refractivity contribution in [3.05, 3.63) is 53.1 Å². The monoisotopic (exact) mass is 260 g/mol. The van der Waals surface area contributed by atoms with Crippen molar-refractivity contribution in [3.63, 3.8) is 0 Å². The van der Waals surface area contributed by atoms with Crippen molar-refractivity contribution in [2.24, 2.45) is 0 Å². The molecule has 1 aromatic carbocycles. The Balaban J connectivity index is 2.31. The van der Waals surface area contributed by atoms with Crippen LogP contribution in [0.25, 0.3) is 22.2 Å². The first kappa shape index (κ1) is 11.2. The molecule has 0 radical (unpaired) electrons. The average Bonchev–Trinajstić information content (AvgIpc) is 2.67. The summed E-state index contributed by atoms with van der Waals surface area (Å²) in [6.07, 6.45) is 1.45. The second-order valence-electron chi connectivity index (χ2n) is 4.18. The molecule has 0 saturated heterocycles. The van der Waals surface area contributed by atoms with Crippen LogP contribution in [0.3, 0.4) is 0 Å². The van der Waals surface area contributed by atoms with Crippen molar-refractivity contribution in [1.29, 1.82) is 0 Å².